The van der Waals surface area contributed by atoms with Crippen molar-refractivity contribution in [2.24, 2.45) is 0 Å². The molecule has 0 fully saturated rings. The number of aliphatic hydroxyl groups is 1. The minimum Gasteiger partial charge on any atom is -0.506 e. The molecular weight excluding hydrogens is 262 g/mol. The van der Waals surface area contributed by atoms with Crippen LogP contribution in [0.2, 0.25) is 0 Å². The number of esters is 1. The van der Waals surface area contributed by atoms with Crippen LogP contribution in [0, 0.1) is 0 Å². The second-order valence-electron chi connectivity index (χ2n) is 3.46. The van der Waals surface area contributed by atoms with Crippen molar-refractivity contribution in [1.82, 2.24) is 4.98 Å². The van der Waals surface area contributed by atoms with Gasteiger partial charge in [-0.2, -0.15) is 0 Å². The van der Waals surface area contributed by atoms with Crippen LogP contribution in [-0.2, 0) is 20.9 Å². The Morgan fingerprint density at radius 1 is 1.50 bits per heavy atom. The maximum atomic E-state index is 11.4. The molecule has 0 amide bonds. The molecule has 0 unspecified atom stereocenters. The molecule has 1 aromatic rings. The quantitative estimate of drug-likeness (QED) is 0.572. The second kappa shape index (κ2) is 5.05. The monoisotopic (exact) mass is 271 g/mol. The van der Waals surface area contributed by atoms with Crippen molar-refractivity contribution in [3.63, 3.8) is 0 Å². The molecule has 0 radical (unpaired) electrons. The molecule has 2 heterocycles. The number of ether oxygens (including phenoxy) is 2. The summed E-state index contributed by atoms with van der Waals surface area (Å²) in [6, 6.07) is 1.44. The molecule has 0 atom stereocenters. The summed E-state index contributed by atoms with van der Waals surface area (Å²) in [4.78, 5) is 14.1. The maximum Gasteiger partial charge on any atom is 0.383 e. The highest BCUT2D eigenvalue weighted by Crippen LogP contribution is 2.25. The van der Waals surface area contributed by atoms with Gasteiger partial charge in [-0.1, -0.05) is 0 Å². The van der Waals surface area contributed by atoms with E-state index in [4.69, 9.17) is 26.2 Å². The van der Waals surface area contributed by atoms with Crippen LogP contribution in [0.1, 0.15) is 5.69 Å². The molecule has 0 aliphatic carbocycles. The number of carbonyl (C=O) groups is 1. The summed E-state index contributed by atoms with van der Waals surface area (Å²) in [5.74, 6) is -1.29. The molecule has 1 aliphatic rings. The van der Waals surface area contributed by atoms with Gasteiger partial charge in [0.15, 0.2) is 5.76 Å². The Morgan fingerprint density at radius 3 is 2.89 bits per heavy atom. The number of carbonyl (C=O) groups excluding carboxylic acids is 1. The van der Waals surface area contributed by atoms with Gasteiger partial charge in [0, 0.05) is 18.1 Å². The van der Waals surface area contributed by atoms with E-state index in [1.807, 2.05) is 0 Å². The minimum absolute atomic E-state index is 0.0107. The van der Waals surface area contributed by atoms with Gasteiger partial charge in [0.1, 0.15) is 12.4 Å². The molecule has 0 saturated carbocycles. The van der Waals surface area contributed by atoms with E-state index in [1.165, 1.54) is 18.3 Å². The zero-order chi connectivity index (χ0) is 13.1. The Bertz CT molecular complexity index is 531. The number of rotatable bonds is 4. The van der Waals surface area contributed by atoms with E-state index in [9.17, 15) is 9.90 Å². The number of alkyl halides is 1. The Labute approximate surface area is 107 Å². The molecule has 2 rings (SSSR count). The van der Waals surface area contributed by atoms with Crippen LogP contribution in [-0.4, -0.2) is 27.0 Å². The van der Waals surface area contributed by atoms with E-state index < -0.39 is 5.97 Å². The maximum absolute atomic E-state index is 11.4. The zero-order valence-electron chi connectivity index (χ0n) is 9.14. The predicted octanol–water partition coefficient (Wildman–Crippen LogP) is 1.69. The fourth-order valence-electron chi connectivity index (χ4n) is 1.40. The van der Waals surface area contributed by atoms with Crippen molar-refractivity contribution in [3.05, 3.63) is 41.3 Å². The molecule has 1 aliphatic heterocycles. The highest BCUT2D eigenvalue weighted by atomic mass is 35.5. The summed E-state index contributed by atoms with van der Waals surface area (Å²) in [6.07, 6.45) is 2.73. The third-order valence-electron chi connectivity index (χ3n) is 2.20. The Kier molecular flexibility index (Phi) is 3.47. The Hall–Kier alpha value is -2.08. The molecule has 0 spiro atoms. The summed E-state index contributed by atoms with van der Waals surface area (Å²) in [7, 11) is 0. The van der Waals surface area contributed by atoms with E-state index in [-0.39, 0.29) is 35.5 Å². The highest BCUT2D eigenvalue weighted by Gasteiger charge is 2.31. The Morgan fingerprint density at radius 2 is 2.28 bits per heavy atom. The smallest absolute Gasteiger partial charge is 0.383 e. The van der Waals surface area contributed by atoms with E-state index in [2.05, 4.69) is 4.98 Å². The van der Waals surface area contributed by atoms with E-state index in [0.29, 0.717) is 5.69 Å². The van der Waals surface area contributed by atoms with Crippen molar-refractivity contribution in [1.29, 1.82) is 0 Å². The number of halogens is 1. The molecule has 18 heavy (non-hydrogen) atoms. The first-order valence-corrected chi connectivity index (χ1v) is 5.56. The SMILES string of the molecule is O=C1O/C(=C/CCl)C(O)=C1OCc1cc(O)c[nH]1. The fourth-order valence-corrected chi connectivity index (χ4v) is 1.54. The van der Waals surface area contributed by atoms with Crippen LogP contribution >= 0.6 is 11.6 Å². The van der Waals surface area contributed by atoms with Crippen molar-refractivity contribution in [2.45, 2.75) is 6.61 Å². The lowest BCUT2D eigenvalue weighted by Crippen LogP contribution is -2.03. The van der Waals surface area contributed by atoms with Gasteiger partial charge in [0.2, 0.25) is 5.76 Å². The molecule has 3 N–H and O–H groups in total. The van der Waals surface area contributed by atoms with Crippen LogP contribution in [0.4, 0.5) is 0 Å². The van der Waals surface area contributed by atoms with Crippen molar-refractivity contribution in [2.75, 3.05) is 5.88 Å². The van der Waals surface area contributed by atoms with Crippen LogP contribution in [0.25, 0.3) is 0 Å². The van der Waals surface area contributed by atoms with E-state index >= 15 is 0 Å². The first-order chi connectivity index (χ1) is 8.61. The van der Waals surface area contributed by atoms with Gasteiger partial charge in [-0.15, -0.1) is 11.6 Å². The fraction of sp³-hybridized carbons (Fsp3) is 0.182. The van der Waals surface area contributed by atoms with E-state index in [1.54, 1.807) is 0 Å². The zero-order valence-corrected chi connectivity index (χ0v) is 9.90. The number of aromatic hydroxyl groups is 1. The third kappa shape index (κ3) is 2.43. The summed E-state index contributed by atoms with van der Waals surface area (Å²) in [6.45, 7) is -0.0107. The van der Waals surface area contributed by atoms with Gasteiger partial charge in [-0.05, 0) is 6.08 Å². The number of aliphatic hydroxyl groups excluding tert-OH is 1. The Balaban J connectivity index is 2.08. The number of hydrogen-bond acceptors (Lipinski definition) is 5. The molecule has 96 valence electrons. The van der Waals surface area contributed by atoms with E-state index in [0.717, 1.165) is 0 Å². The van der Waals surface area contributed by atoms with Gasteiger partial charge in [-0.3, -0.25) is 0 Å². The third-order valence-corrected chi connectivity index (χ3v) is 2.35. The van der Waals surface area contributed by atoms with Crippen molar-refractivity contribution < 1.29 is 24.5 Å². The number of hydrogen-bond donors (Lipinski definition) is 3. The second-order valence-corrected chi connectivity index (χ2v) is 3.77. The largest absolute Gasteiger partial charge is 0.506 e. The van der Waals surface area contributed by atoms with Crippen LogP contribution in [0.3, 0.4) is 0 Å². The highest BCUT2D eigenvalue weighted by molar-refractivity contribution is 6.19. The molecule has 6 nitrogen and oxygen atoms in total. The van der Waals surface area contributed by atoms with Crippen LogP contribution in [0.15, 0.2) is 35.6 Å². The summed E-state index contributed by atoms with van der Waals surface area (Å²) in [5.41, 5.74) is 0.551. The molecule has 0 aromatic carbocycles. The number of aromatic nitrogens is 1. The average Bonchev–Trinajstić information content (AvgIpc) is 2.84. The number of nitrogens with one attached hydrogen (secondary N) is 1. The van der Waals surface area contributed by atoms with Crippen molar-refractivity contribution >= 4 is 17.6 Å². The lowest BCUT2D eigenvalue weighted by molar-refractivity contribution is -0.136. The molecule has 1 aromatic heterocycles. The molecule has 0 bridgehead atoms. The van der Waals surface area contributed by atoms with Gasteiger partial charge in [0.05, 0.1) is 5.69 Å². The summed E-state index contributed by atoms with van der Waals surface area (Å²) < 4.78 is 9.88. The average molecular weight is 272 g/mol. The lowest BCUT2D eigenvalue weighted by Gasteiger charge is -2.02. The number of H-pyrrole nitrogens is 1. The normalized spacial score (nSPS) is 17.4. The first-order valence-electron chi connectivity index (χ1n) is 5.02. The number of cyclic esters (lactones) is 1. The van der Waals surface area contributed by atoms with Gasteiger partial charge >= 0.3 is 5.97 Å². The lowest BCUT2D eigenvalue weighted by atomic mass is 10.3. The summed E-state index contributed by atoms with van der Waals surface area (Å²) >= 11 is 5.44. The molecule has 0 saturated heterocycles. The minimum atomic E-state index is -0.778. The standard InChI is InChI=1S/C11H10ClNO5/c12-2-1-8-9(15)10(11(16)18-8)17-5-6-3-7(14)4-13-6/h1,3-4,13-15H,2,5H2/b8-1+. The van der Waals surface area contributed by atoms with Gasteiger partial charge in [0.25, 0.3) is 5.76 Å². The van der Waals surface area contributed by atoms with Gasteiger partial charge < -0.3 is 24.7 Å². The molecule has 7 heteroatoms. The summed E-state index contributed by atoms with van der Waals surface area (Å²) in [5, 5.41) is 18.8. The first kappa shape index (κ1) is 12.4. The predicted molar refractivity (Wildman–Crippen MR) is 61.8 cm³/mol. The number of allylic oxidation sites excluding steroid dienone is 1. The van der Waals surface area contributed by atoms with Crippen LogP contribution < -0.4 is 0 Å². The van der Waals surface area contributed by atoms with Crippen molar-refractivity contribution in [3.8, 4) is 5.75 Å². The van der Waals surface area contributed by atoms with Gasteiger partial charge in [-0.25, -0.2) is 4.79 Å². The molecular formula is C11H10ClNO5. The number of aromatic amines is 1. The topological polar surface area (TPSA) is 91.8 Å². The van der Waals surface area contributed by atoms with Crippen LogP contribution in [0.5, 0.6) is 5.75 Å².